The van der Waals surface area contributed by atoms with Crippen molar-refractivity contribution in [3.8, 4) is 0 Å². The van der Waals surface area contributed by atoms with Gasteiger partial charge in [0.15, 0.2) is 0 Å². The van der Waals surface area contributed by atoms with Crippen LogP contribution in [0.25, 0.3) is 10.9 Å². The van der Waals surface area contributed by atoms with Crippen LogP contribution < -0.4 is 0 Å². The third-order valence-electron chi connectivity index (χ3n) is 1.95. The lowest BCUT2D eigenvalue weighted by atomic mass is 10.3. The second-order valence-electron chi connectivity index (χ2n) is 2.97. The number of nitrogens with zero attached hydrogens (tertiary/aromatic N) is 2. The van der Waals surface area contributed by atoms with E-state index in [9.17, 15) is 4.79 Å². The molecule has 72 valence electrons. The van der Waals surface area contributed by atoms with Gasteiger partial charge < -0.3 is 9.52 Å². The zero-order valence-electron chi connectivity index (χ0n) is 7.74. The molecule has 2 aromatic rings. The van der Waals surface area contributed by atoms with Crippen molar-refractivity contribution in [2.45, 2.75) is 13.8 Å². The van der Waals surface area contributed by atoms with Gasteiger partial charge in [-0.2, -0.15) is 0 Å². The minimum absolute atomic E-state index is 0.122. The van der Waals surface area contributed by atoms with Crippen molar-refractivity contribution < 1.29 is 14.3 Å². The molecule has 0 radical (unpaired) electrons. The Morgan fingerprint density at radius 2 is 2.21 bits per heavy atom. The standard InChI is InChI=1S/C9H8N2O3/c1-4-6-3-10-5(2)11-7(6)8(14-4)9(12)13/h3H,1-2H3,(H,12,13). The Kier molecular flexibility index (Phi) is 1.73. The zero-order chi connectivity index (χ0) is 10.3. The topological polar surface area (TPSA) is 76.2 Å². The van der Waals surface area contributed by atoms with Gasteiger partial charge in [-0.1, -0.05) is 0 Å². The molecular formula is C9H8N2O3. The van der Waals surface area contributed by atoms with Gasteiger partial charge in [0.25, 0.3) is 0 Å². The van der Waals surface area contributed by atoms with Crippen LogP contribution in [-0.2, 0) is 0 Å². The van der Waals surface area contributed by atoms with Crippen LogP contribution in [0.5, 0.6) is 0 Å². The molecule has 1 N–H and O–H groups in total. The van der Waals surface area contributed by atoms with Gasteiger partial charge in [0.05, 0.1) is 5.39 Å². The summed E-state index contributed by atoms with van der Waals surface area (Å²) in [5.74, 6) is -0.178. The maximum Gasteiger partial charge on any atom is 0.374 e. The van der Waals surface area contributed by atoms with Gasteiger partial charge >= 0.3 is 5.97 Å². The molecule has 5 heteroatoms. The molecular weight excluding hydrogens is 184 g/mol. The number of hydrogen-bond acceptors (Lipinski definition) is 4. The van der Waals surface area contributed by atoms with E-state index in [4.69, 9.17) is 9.52 Å². The first-order valence-electron chi connectivity index (χ1n) is 4.05. The van der Waals surface area contributed by atoms with E-state index in [0.717, 1.165) is 0 Å². The largest absolute Gasteiger partial charge is 0.475 e. The monoisotopic (exact) mass is 192 g/mol. The summed E-state index contributed by atoms with van der Waals surface area (Å²) in [5, 5.41) is 9.48. The predicted octanol–water partition coefficient (Wildman–Crippen LogP) is 1.54. The normalized spacial score (nSPS) is 10.7. The summed E-state index contributed by atoms with van der Waals surface area (Å²) in [4.78, 5) is 18.8. The molecule has 0 fully saturated rings. The van der Waals surface area contributed by atoms with Crippen LogP contribution in [0.15, 0.2) is 10.6 Å². The molecule has 2 rings (SSSR count). The van der Waals surface area contributed by atoms with E-state index < -0.39 is 5.97 Å². The fraction of sp³-hybridized carbons (Fsp3) is 0.222. The third-order valence-corrected chi connectivity index (χ3v) is 1.95. The first-order chi connectivity index (χ1) is 6.59. The lowest BCUT2D eigenvalue weighted by Gasteiger charge is -1.91. The molecule has 0 bridgehead atoms. The van der Waals surface area contributed by atoms with E-state index in [0.29, 0.717) is 22.5 Å². The quantitative estimate of drug-likeness (QED) is 0.741. The molecule has 0 aliphatic rings. The number of furan rings is 1. The summed E-state index contributed by atoms with van der Waals surface area (Å²) >= 11 is 0. The molecule has 0 saturated carbocycles. The summed E-state index contributed by atoms with van der Waals surface area (Å²) in [6.45, 7) is 3.39. The maximum atomic E-state index is 10.8. The molecule has 0 saturated heterocycles. The Bertz CT molecular complexity index is 516. The summed E-state index contributed by atoms with van der Waals surface area (Å²) in [6, 6.07) is 0. The van der Waals surface area contributed by atoms with E-state index in [1.807, 2.05) is 0 Å². The van der Waals surface area contributed by atoms with Crippen molar-refractivity contribution in [1.82, 2.24) is 9.97 Å². The summed E-state index contributed by atoms with van der Waals surface area (Å²) in [7, 11) is 0. The van der Waals surface area contributed by atoms with Gasteiger partial charge in [0, 0.05) is 6.20 Å². The number of carboxylic acids is 1. The van der Waals surface area contributed by atoms with E-state index in [1.54, 1.807) is 20.0 Å². The number of carboxylic acid groups (broad SMARTS) is 1. The van der Waals surface area contributed by atoms with Gasteiger partial charge in [-0.3, -0.25) is 0 Å². The van der Waals surface area contributed by atoms with Crippen LogP contribution in [0.3, 0.4) is 0 Å². The predicted molar refractivity (Wildman–Crippen MR) is 48.2 cm³/mol. The Morgan fingerprint density at radius 1 is 1.50 bits per heavy atom. The highest BCUT2D eigenvalue weighted by Crippen LogP contribution is 2.22. The van der Waals surface area contributed by atoms with Gasteiger partial charge in [0.1, 0.15) is 17.1 Å². The lowest BCUT2D eigenvalue weighted by molar-refractivity contribution is 0.0663. The fourth-order valence-electron chi connectivity index (χ4n) is 1.30. The SMILES string of the molecule is Cc1ncc2c(C)oc(C(=O)O)c2n1. The molecule has 0 amide bonds. The second-order valence-corrected chi connectivity index (χ2v) is 2.97. The molecule has 0 aliphatic carbocycles. The van der Waals surface area contributed by atoms with Crippen molar-refractivity contribution in [1.29, 1.82) is 0 Å². The summed E-state index contributed by atoms with van der Waals surface area (Å²) in [6.07, 6.45) is 1.57. The number of aromatic carboxylic acids is 1. The Labute approximate surface area is 79.4 Å². The summed E-state index contributed by atoms with van der Waals surface area (Å²) in [5.41, 5.74) is 0.363. The maximum absolute atomic E-state index is 10.8. The van der Waals surface area contributed by atoms with Gasteiger partial charge in [0.2, 0.25) is 5.76 Å². The molecule has 5 nitrogen and oxygen atoms in total. The minimum atomic E-state index is -1.11. The Balaban J connectivity index is 2.85. The molecule has 0 aromatic carbocycles. The van der Waals surface area contributed by atoms with Crippen LogP contribution in [0.4, 0.5) is 0 Å². The molecule has 2 heterocycles. The number of carbonyl (C=O) groups is 1. The molecule has 0 aliphatic heterocycles. The average Bonchev–Trinajstić information content (AvgIpc) is 2.43. The molecule has 0 unspecified atom stereocenters. The van der Waals surface area contributed by atoms with Crippen LogP contribution >= 0.6 is 0 Å². The first kappa shape index (κ1) is 8.68. The smallest absolute Gasteiger partial charge is 0.374 e. The summed E-state index contributed by atoms with van der Waals surface area (Å²) < 4.78 is 5.08. The first-order valence-corrected chi connectivity index (χ1v) is 4.05. The molecule has 0 spiro atoms. The number of fused-ring (bicyclic) bond motifs is 1. The van der Waals surface area contributed by atoms with Crippen LogP contribution in [-0.4, -0.2) is 21.0 Å². The van der Waals surface area contributed by atoms with Crippen molar-refractivity contribution in [3.05, 3.63) is 23.5 Å². The molecule has 2 aromatic heterocycles. The van der Waals surface area contributed by atoms with Crippen molar-refractivity contribution in [3.63, 3.8) is 0 Å². The number of aryl methyl sites for hydroxylation is 2. The van der Waals surface area contributed by atoms with E-state index in [2.05, 4.69) is 9.97 Å². The van der Waals surface area contributed by atoms with E-state index in [1.165, 1.54) is 0 Å². The van der Waals surface area contributed by atoms with Crippen LogP contribution in [0.1, 0.15) is 22.1 Å². The lowest BCUT2D eigenvalue weighted by Crippen LogP contribution is -1.96. The Morgan fingerprint density at radius 3 is 2.86 bits per heavy atom. The van der Waals surface area contributed by atoms with Crippen LogP contribution in [0, 0.1) is 13.8 Å². The van der Waals surface area contributed by atoms with Crippen molar-refractivity contribution >= 4 is 16.9 Å². The number of aromatic nitrogens is 2. The fourth-order valence-corrected chi connectivity index (χ4v) is 1.30. The van der Waals surface area contributed by atoms with E-state index in [-0.39, 0.29) is 5.76 Å². The highest BCUT2D eigenvalue weighted by molar-refractivity contribution is 6.00. The van der Waals surface area contributed by atoms with Gasteiger partial charge in [-0.05, 0) is 13.8 Å². The number of hydrogen-bond donors (Lipinski definition) is 1. The van der Waals surface area contributed by atoms with Crippen molar-refractivity contribution in [2.75, 3.05) is 0 Å². The zero-order valence-corrected chi connectivity index (χ0v) is 7.74. The third kappa shape index (κ3) is 1.14. The van der Waals surface area contributed by atoms with Gasteiger partial charge in [-0.15, -0.1) is 0 Å². The molecule has 0 atom stereocenters. The van der Waals surface area contributed by atoms with Crippen molar-refractivity contribution in [2.24, 2.45) is 0 Å². The highest BCUT2D eigenvalue weighted by atomic mass is 16.4. The molecule has 14 heavy (non-hydrogen) atoms. The van der Waals surface area contributed by atoms with Gasteiger partial charge in [-0.25, -0.2) is 14.8 Å². The van der Waals surface area contributed by atoms with Crippen LogP contribution in [0.2, 0.25) is 0 Å². The minimum Gasteiger partial charge on any atom is -0.475 e. The van der Waals surface area contributed by atoms with E-state index >= 15 is 0 Å². The average molecular weight is 192 g/mol. The number of rotatable bonds is 1. The highest BCUT2D eigenvalue weighted by Gasteiger charge is 2.17. The Hall–Kier alpha value is -1.91. The second kappa shape index (κ2) is 2.80.